The number of hydrogen-bond acceptors (Lipinski definition) is 8. The number of benzene rings is 6. The fourth-order valence-electron chi connectivity index (χ4n) is 6.91. The van der Waals surface area contributed by atoms with Crippen molar-refractivity contribution >= 4 is 46.4 Å². The van der Waals surface area contributed by atoms with Crippen LogP contribution in [0.5, 0.6) is 11.5 Å². The maximum absolute atomic E-state index is 11.2. The van der Waals surface area contributed by atoms with Crippen LogP contribution in [0.4, 0.5) is 4.70 Å². The quantitative estimate of drug-likeness (QED) is 0.158. The summed E-state index contributed by atoms with van der Waals surface area (Å²) >= 11 is 25.2. The first-order valence-electron chi connectivity index (χ1n) is 19.8. The van der Waals surface area contributed by atoms with Gasteiger partial charge in [0.05, 0.1) is 42.3 Å². The number of aromatic hydroxyl groups is 2. The Bertz CT molecular complexity index is 2720. The third-order valence-corrected chi connectivity index (χ3v) is 11.8. The molecule has 8 aromatic rings. The second-order valence-electron chi connectivity index (χ2n) is 17.0. The molecule has 0 unspecified atom stereocenters. The van der Waals surface area contributed by atoms with Crippen LogP contribution in [-0.4, -0.2) is 30.5 Å². The summed E-state index contributed by atoms with van der Waals surface area (Å²) < 4.78 is 11.1. The molecule has 66 heavy (non-hydrogen) atoms. The molecular formula is C52H51Cl4FN4O4Zr. The van der Waals surface area contributed by atoms with Crippen LogP contribution in [0.2, 0.25) is 20.1 Å². The van der Waals surface area contributed by atoms with E-state index in [1.54, 1.807) is 36.4 Å². The van der Waals surface area contributed by atoms with Gasteiger partial charge in [-0.15, -0.1) is 0 Å². The van der Waals surface area contributed by atoms with E-state index in [0.29, 0.717) is 42.3 Å². The molecule has 0 atom stereocenters. The molecule has 0 aliphatic heterocycles. The van der Waals surface area contributed by atoms with Crippen LogP contribution in [0.3, 0.4) is 0 Å². The Labute approximate surface area is 425 Å². The first kappa shape index (κ1) is 55.5. The van der Waals surface area contributed by atoms with Crippen molar-refractivity contribution in [2.45, 2.75) is 66.2 Å². The van der Waals surface area contributed by atoms with Crippen LogP contribution in [-0.2, 0) is 37.0 Å². The van der Waals surface area contributed by atoms with E-state index in [-0.39, 0.29) is 91.5 Å². The summed E-state index contributed by atoms with van der Waals surface area (Å²) in [4.78, 5) is 9.01. The molecule has 0 radical (unpaired) electrons. The molecule has 8 rings (SSSR count). The minimum atomic E-state index is -0.158. The van der Waals surface area contributed by atoms with E-state index >= 15 is 0 Å². The molecule has 0 bridgehead atoms. The molecule has 2 aromatic heterocycles. The number of aromatic nitrogens is 4. The molecule has 0 amide bonds. The zero-order valence-corrected chi connectivity index (χ0v) is 43.8. The van der Waals surface area contributed by atoms with Crippen molar-refractivity contribution in [2.75, 3.05) is 0 Å². The number of halogens is 5. The van der Waals surface area contributed by atoms with E-state index in [4.69, 9.17) is 55.4 Å². The number of nitrogens with zero attached hydrogens (tertiary/aromatic N) is 4. The molecule has 0 saturated heterocycles. The second kappa shape index (κ2) is 22.3. The van der Waals surface area contributed by atoms with Gasteiger partial charge in [-0.2, -0.15) is 9.97 Å². The summed E-state index contributed by atoms with van der Waals surface area (Å²) in [6.45, 7) is 16.7. The van der Waals surface area contributed by atoms with E-state index in [1.165, 1.54) is 0 Å². The third kappa shape index (κ3) is 11.6. The number of phenols is 2. The van der Waals surface area contributed by atoms with Gasteiger partial charge in [0.2, 0.25) is 11.6 Å². The van der Waals surface area contributed by atoms with E-state index in [2.05, 4.69) is 61.8 Å². The predicted octanol–water partition coefficient (Wildman–Crippen LogP) is 16.4. The number of hydrogen-bond donors (Lipinski definition) is 2. The van der Waals surface area contributed by atoms with Crippen LogP contribution in [0.25, 0.3) is 67.9 Å². The van der Waals surface area contributed by atoms with Crippen molar-refractivity contribution in [3.8, 4) is 79.4 Å². The largest absolute Gasteiger partial charge is 2.00 e. The van der Waals surface area contributed by atoms with Crippen LogP contribution >= 0.6 is 46.4 Å². The van der Waals surface area contributed by atoms with E-state index in [9.17, 15) is 10.2 Å². The van der Waals surface area contributed by atoms with Gasteiger partial charge in [0.1, 0.15) is 11.5 Å². The van der Waals surface area contributed by atoms with Crippen molar-refractivity contribution in [1.82, 2.24) is 20.3 Å². The average molecular weight is 1050 g/mol. The van der Waals surface area contributed by atoms with Gasteiger partial charge in [-0.3, -0.25) is 4.70 Å². The first-order valence-corrected chi connectivity index (χ1v) is 21.3. The van der Waals surface area contributed by atoms with Crippen LogP contribution in [0.15, 0.2) is 118 Å². The van der Waals surface area contributed by atoms with Crippen molar-refractivity contribution in [2.24, 2.45) is 0 Å². The van der Waals surface area contributed by atoms with Gasteiger partial charge in [0.25, 0.3) is 11.8 Å². The molecule has 0 aliphatic rings. The Morgan fingerprint density at radius 2 is 0.758 bits per heavy atom. The summed E-state index contributed by atoms with van der Waals surface area (Å²) in [7, 11) is 0. The zero-order chi connectivity index (χ0) is 44.7. The Balaban J connectivity index is 0.000000330. The fraction of sp³-hybridized carbons (Fsp3) is 0.192. The van der Waals surface area contributed by atoms with Crippen LogP contribution < -0.4 is 0 Å². The van der Waals surface area contributed by atoms with Gasteiger partial charge < -0.3 is 34.1 Å². The van der Waals surface area contributed by atoms with Gasteiger partial charge in [0, 0.05) is 11.1 Å². The third-order valence-electron chi connectivity index (χ3n) is 10.5. The molecule has 14 heteroatoms. The molecule has 2 heterocycles. The van der Waals surface area contributed by atoms with Crippen molar-refractivity contribution in [3.05, 3.63) is 166 Å². The molecular weight excluding hydrogens is 997 g/mol. The van der Waals surface area contributed by atoms with E-state index < -0.39 is 0 Å². The molecule has 0 spiro atoms. The minimum absolute atomic E-state index is 0. The zero-order valence-electron chi connectivity index (χ0n) is 38.3. The summed E-state index contributed by atoms with van der Waals surface area (Å²) in [5.74, 6) is 1.10. The fourth-order valence-corrected chi connectivity index (χ4v) is 8.05. The van der Waals surface area contributed by atoms with Gasteiger partial charge >= 0.3 is 26.2 Å². The van der Waals surface area contributed by atoms with Crippen molar-refractivity contribution < 1.29 is 50.2 Å². The molecule has 6 aromatic carbocycles. The smallest absolute Gasteiger partial charge is 0.506 e. The summed E-state index contributed by atoms with van der Waals surface area (Å²) in [5, 5.41) is 32.3. The van der Waals surface area contributed by atoms with E-state index in [1.807, 2.05) is 86.6 Å². The summed E-state index contributed by atoms with van der Waals surface area (Å²) in [6.07, 6.45) is 0. The second-order valence-corrected chi connectivity index (χ2v) is 18.6. The van der Waals surface area contributed by atoms with Crippen molar-refractivity contribution in [3.63, 3.8) is 0 Å². The summed E-state index contributed by atoms with van der Waals surface area (Å²) in [5.41, 5.74) is 9.12. The number of aryl methyl sites for hydroxylation is 2. The number of rotatable bonds is 6. The van der Waals surface area contributed by atoms with Gasteiger partial charge in [-0.25, -0.2) is 0 Å². The SMILES string of the molecule is Cc1ccccc1-c1cc(C(C)(C)C)cc(-c2nc(-c3c(Cl)cccc3Cl)no2)c1O.Cc1ccccc1-c1cc(C(C)(C)C)cc(-c2nc(-c3c(Cl)cccc3Cl)no2)c1O.F.[CH3-].[CH3-].[Zr+2]. The predicted molar refractivity (Wildman–Crippen MR) is 267 cm³/mol. The maximum atomic E-state index is 11.2. The maximum Gasteiger partial charge on any atom is 2.00 e. The first-order chi connectivity index (χ1) is 29.3. The molecule has 2 N–H and O–H groups in total. The standard InChI is InChI=1S/2C25H22Cl2N2O2.2CH3.FH.Zr/c2*1-14-8-5-6-9-16(14)17-12-15(25(2,3)4)13-18(22(17)30)24-28-23(29-31-24)21-19(26)10-7-11-20(21)27;;;;/h2*5-13,30H,1-4H3;2*1H3;1H;/q;;2*-1;;+2. The Kier molecular flexibility index (Phi) is 18.8. The number of phenolic OH excluding ortho intramolecular Hbond substituents is 2. The monoisotopic (exact) mass is 1040 g/mol. The van der Waals surface area contributed by atoms with Gasteiger partial charge in [-0.05, 0) is 107 Å². The Hall–Kier alpha value is -4.83. The van der Waals surface area contributed by atoms with Crippen LogP contribution in [0.1, 0.15) is 63.8 Å². The van der Waals surface area contributed by atoms with Gasteiger partial charge in [0.15, 0.2) is 0 Å². The van der Waals surface area contributed by atoms with Gasteiger partial charge in [-0.1, -0.05) is 159 Å². The topological polar surface area (TPSA) is 118 Å². The molecule has 342 valence electrons. The molecule has 8 nitrogen and oxygen atoms in total. The molecule has 0 saturated carbocycles. The van der Waals surface area contributed by atoms with Crippen molar-refractivity contribution in [1.29, 1.82) is 0 Å². The average Bonchev–Trinajstić information content (AvgIpc) is 3.89. The Morgan fingerprint density at radius 3 is 1.06 bits per heavy atom. The minimum Gasteiger partial charge on any atom is -0.506 e. The molecule has 0 aliphatic carbocycles. The summed E-state index contributed by atoms with van der Waals surface area (Å²) in [6, 6.07) is 34.0. The Morgan fingerprint density at radius 1 is 0.455 bits per heavy atom. The van der Waals surface area contributed by atoms with E-state index in [0.717, 1.165) is 44.5 Å². The van der Waals surface area contributed by atoms with Crippen LogP contribution in [0, 0.1) is 28.7 Å². The molecule has 0 fully saturated rings. The normalized spacial score (nSPS) is 11.0.